The van der Waals surface area contributed by atoms with E-state index in [-0.39, 0.29) is 0 Å². The van der Waals surface area contributed by atoms with Crippen molar-refractivity contribution < 1.29 is 4.74 Å². The quantitative estimate of drug-likeness (QED) is 0.446. The summed E-state index contributed by atoms with van der Waals surface area (Å²) < 4.78 is 5.69. The van der Waals surface area contributed by atoms with Crippen LogP contribution in [0.25, 0.3) is 22.2 Å². The van der Waals surface area contributed by atoms with Gasteiger partial charge in [0.05, 0.1) is 24.0 Å². The Bertz CT molecular complexity index is 1080. The number of hydrogen-bond donors (Lipinski definition) is 2. The predicted molar refractivity (Wildman–Crippen MR) is 113 cm³/mol. The number of H-pyrrole nitrogens is 1. The highest BCUT2D eigenvalue weighted by molar-refractivity contribution is 5.82. The molecule has 3 aromatic heterocycles. The Labute approximate surface area is 169 Å². The molecule has 8 nitrogen and oxygen atoms in total. The van der Waals surface area contributed by atoms with Crippen LogP contribution in [0.15, 0.2) is 55.1 Å². The van der Waals surface area contributed by atoms with Crippen molar-refractivity contribution in [2.75, 3.05) is 32.6 Å². The third kappa shape index (κ3) is 4.85. The standard InChI is InChI=1S/C21H23N7O/c1-28(2)8-3-9-29-21-7-4-15(12-22-21)19-11-20(24-14-23-19)26-17-5-6-18-16(10-17)13-25-27-18/h4-7,10-14H,3,8-9H2,1-2H3,(H,25,27)(H,23,24,26). The second-order valence-corrected chi connectivity index (χ2v) is 6.98. The van der Waals surface area contributed by atoms with Gasteiger partial charge in [0.15, 0.2) is 0 Å². The molecule has 148 valence electrons. The third-order valence-electron chi connectivity index (χ3n) is 4.41. The minimum atomic E-state index is 0.619. The van der Waals surface area contributed by atoms with Gasteiger partial charge >= 0.3 is 0 Å². The summed E-state index contributed by atoms with van der Waals surface area (Å²) in [5.74, 6) is 1.33. The highest BCUT2D eigenvalue weighted by Crippen LogP contribution is 2.23. The number of hydrogen-bond acceptors (Lipinski definition) is 7. The van der Waals surface area contributed by atoms with Crippen LogP contribution >= 0.6 is 0 Å². The molecule has 0 saturated carbocycles. The topological polar surface area (TPSA) is 91.8 Å². The summed E-state index contributed by atoms with van der Waals surface area (Å²) in [7, 11) is 4.10. The molecule has 8 heteroatoms. The van der Waals surface area contributed by atoms with Crippen molar-refractivity contribution in [1.82, 2.24) is 30.0 Å². The lowest BCUT2D eigenvalue weighted by Gasteiger charge is -2.10. The molecule has 0 saturated heterocycles. The van der Waals surface area contributed by atoms with E-state index in [4.69, 9.17) is 4.74 Å². The Hall–Kier alpha value is -3.52. The zero-order valence-corrected chi connectivity index (χ0v) is 16.5. The van der Waals surface area contributed by atoms with Gasteiger partial charge in [0.25, 0.3) is 0 Å². The number of anilines is 2. The first-order valence-corrected chi connectivity index (χ1v) is 9.43. The highest BCUT2D eigenvalue weighted by Gasteiger charge is 2.05. The minimum Gasteiger partial charge on any atom is -0.478 e. The summed E-state index contributed by atoms with van der Waals surface area (Å²) >= 11 is 0. The zero-order chi connectivity index (χ0) is 20.1. The molecule has 0 unspecified atom stereocenters. The summed E-state index contributed by atoms with van der Waals surface area (Å²) in [6.07, 6.45) is 6.06. The number of rotatable bonds is 8. The molecule has 0 aliphatic carbocycles. The smallest absolute Gasteiger partial charge is 0.213 e. The molecule has 0 amide bonds. The van der Waals surface area contributed by atoms with Crippen LogP contribution in [0, 0.1) is 0 Å². The van der Waals surface area contributed by atoms with Gasteiger partial charge in [-0.2, -0.15) is 5.10 Å². The normalized spacial score (nSPS) is 11.1. The molecule has 4 rings (SSSR count). The van der Waals surface area contributed by atoms with Crippen molar-refractivity contribution in [3.63, 3.8) is 0 Å². The minimum absolute atomic E-state index is 0.619. The van der Waals surface area contributed by atoms with Gasteiger partial charge in [-0.25, -0.2) is 15.0 Å². The number of aromatic nitrogens is 5. The van der Waals surface area contributed by atoms with E-state index in [1.54, 1.807) is 18.7 Å². The van der Waals surface area contributed by atoms with Gasteiger partial charge in [-0.1, -0.05) is 0 Å². The van der Waals surface area contributed by atoms with E-state index >= 15 is 0 Å². The number of nitrogens with zero attached hydrogens (tertiary/aromatic N) is 5. The number of aromatic amines is 1. The van der Waals surface area contributed by atoms with Crippen LogP contribution in [0.2, 0.25) is 0 Å². The monoisotopic (exact) mass is 389 g/mol. The number of pyridine rings is 1. The van der Waals surface area contributed by atoms with Crippen LogP contribution < -0.4 is 10.1 Å². The second kappa shape index (κ2) is 8.66. The molecule has 0 spiro atoms. The van der Waals surface area contributed by atoms with Crippen molar-refractivity contribution in [3.05, 3.63) is 55.1 Å². The van der Waals surface area contributed by atoms with Crippen LogP contribution in [0.1, 0.15) is 6.42 Å². The van der Waals surface area contributed by atoms with E-state index in [2.05, 4.69) is 35.4 Å². The van der Waals surface area contributed by atoms with Crippen molar-refractivity contribution in [1.29, 1.82) is 0 Å². The lowest BCUT2D eigenvalue weighted by atomic mass is 10.2. The Morgan fingerprint density at radius 3 is 2.79 bits per heavy atom. The van der Waals surface area contributed by atoms with Gasteiger partial charge in [0.2, 0.25) is 5.88 Å². The van der Waals surface area contributed by atoms with Crippen LogP contribution in [0.5, 0.6) is 5.88 Å². The molecule has 0 atom stereocenters. The zero-order valence-electron chi connectivity index (χ0n) is 16.5. The lowest BCUT2D eigenvalue weighted by Crippen LogP contribution is -2.15. The van der Waals surface area contributed by atoms with Crippen molar-refractivity contribution >= 4 is 22.4 Å². The fraction of sp³-hybridized carbons (Fsp3) is 0.238. The molecular weight excluding hydrogens is 366 g/mol. The molecule has 0 radical (unpaired) electrons. The number of ether oxygens (including phenoxy) is 1. The van der Waals surface area contributed by atoms with E-state index in [0.29, 0.717) is 18.3 Å². The fourth-order valence-corrected chi connectivity index (χ4v) is 2.93. The summed E-state index contributed by atoms with van der Waals surface area (Å²) in [4.78, 5) is 15.2. The summed E-state index contributed by atoms with van der Waals surface area (Å²) in [5, 5.41) is 11.3. The summed E-state index contributed by atoms with van der Waals surface area (Å²) in [6.45, 7) is 1.63. The molecule has 0 fully saturated rings. The van der Waals surface area contributed by atoms with Crippen molar-refractivity contribution in [3.8, 4) is 17.1 Å². The third-order valence-corrected chi connectivity index (χ3v) is 4.41. The Balaban J connectivity index is 1.42. The van der Waals surface area contributed by atoms with Crippen LogP contribution in [0.4, 0.5) is 11.5 Å². The number of benzene rings is 1. The molecule has 0 aliphatic rings. The van der Waals surface area contributed by atoms with Gasteiger partial charge < -0.3 is 15.0 Å². The van der Waals surface area contributed by atoms with Gasteiger partial charge in [0, 0.05) is 41.5 Å². The summed E-state index contributed by atoms with van der Waals surface area (Å²) in [6, 6.07) is 11.7. The average molecular weight is 389 g/mol. The second-order valence-electron chi connectivity index (χ2n) is 6.98. The molecule has 2 N–H and O–H groups in total. The Kier molecular flexibility index (Phi) is 5.62. The molecule has 3 heterocycles. The molecule has 1 aromatic carbocycles. The number of nitrogens with one attached hydrogen (secondary N) is 2. The molecule has 0 bridgehead atoms. The maximum atomic E-state index is 5.69. The first kappa shape index (κ1) is 18.8. The molecule has 0 aliphatic heterocycles. The van der Waals surface area contributed by atoms with Crippen LogP contribution in [-0.4, -0.2) is 57.3 Å². The molecular formula is C21H23N7O. The van der Waals surface area contributed by atoms with Gasteiger partial charge in [-0.05, 0) is 44.8 Å². The van der Waals surface area contributed by atoms with Gasteiger partial charge in [-0.3, -0.25) is 5.10 Å². The Morgan fingerprint density at radius 2 is 1.97 bits per heavy atom. The largest absolute Gasteiger partial charge is 0.478 e. The lowest BCUT2D eigenvalue weighted by molar-refractivity contribution is 0.273. The first-order chi connectivity index (χ1) is 14.2. The maximum Gasteiger partial charge on any atom is 0.213 e. The average Bonchev–Trinajstić information content (AvgIpc) is 3.20. The van der Waals surface area contributed by atoms with E-state index in [1.165, 1.54) is 0 Å². The first-order valence-electron chi connectivity index (χ1n) is 9.43. The predicted octanol–water partition coefficient (Wildman–Crippen LogP) is 3.49. The SMILES string of the molecule is CN(C)CCCOc1ccc(-c2cc(Nc3ccc4[nH]ncc4c3)ncn2)cn1. The summed E-state index contributed by atoms with van der Waals surface area (Å²) in [5.41, 5.74) is 3.62. The molecule has 4 aromatic rings. The maximum absolute atomic E-state index is 5.69. The van der Waals surface area contributed by atoms with Crippen LogP contribution in [0.3, 0.4) is 0 Å². The van der Waals surface area contributed by atoms with Crippen molar-refractivity contribution in [2.45, 2.75) is 6.42 Å². The van der Waals surface area contributed by atoms with Crippen LogP contribution in [-0.2, 0) is 0 Å². The van der Waals surface area contributed by atoms with E-state index in [9.17, 15) is 0 Å². The number of fused-ring (bicyclic) bond motifs is 1. The fourth-order valence-electron chi connectivity index (χ4n) is 2.93. The van der Waals surface area contributed by atoms with E-state index < -0.39 is 0 Å². The van der Waals surface area contributed by atoms with Gasteiger partial charge in [-0.15, -0.1) is 0 Å². The van der Waals surface area contributed by atoms with E-state index in [0.717, 1.165) is 40.8 Å². The Morgan fingerprint density at radius 1 is 1.03 bits per heavy atom. The molecule has 29 heavy (non-hydrogen) atoms. The highest BCUT2D eigenvalue weighted by atomic mass is 16.5. The van der Waals surface area contributed by atoms with Gasteiger partial charge in [0.1, 0.15) is 12.1 Å². The van der Waals surface area contributed by atoms with Crippen molar-refractivity contribution in [2.24, 2.45) is 0 Å². The van der Waals surface area contributed by atoms with E-state index in [1.807, 2.05) is 50.5 Å².